The fraction of sp³-hybridized carbons (Fsp3) is 0.304. The number of hydrogen-bond acceptors (Lipinski definition) is 7. The normalized spacial score (nSPS) is 19.1. The zero-order valence-electron chi connectivity index (χ0n) is 19.5. The zero-order valence-corrected chi connectivity index (χ0v) is 21.1. The summed E-state index contributed by atoms with van der Waals surface area (Å²) in [5.74, 6) is -3.14. The molecule has 0 unspecified atom stereocenters. The number of cyclic esters (lactones) is 1. The van der Waals surface area contributed by atoms with Crippen molar-refractivity contribution < 1.29 is 42.2 Å². The maximum absolute atomic E-state index is 12.4. The Morgan fingerprint density at radius 3 is 2.21 bits per heavy atom. The highest BCUT2D eigenvalue weighted by atomic mass is 35.7. The minimum absolute atomic E-state index is 0.0988. The molecule has 0 radical (unpaired) electrons. The summed E-state index contributed by atoms with van der Waals surface area (Å²) < 4.78 is 37.1. The molecule has 4 N–H and O–H groups in total. The summed E-state index contributed by atoms with van der Waals surface area (Å²) >= 11 is 0. The van der Waals surface area contributed by atoms with Gasteiger partial charge in [0.05, 0.1) is 24.7 Å². The first-order valence-corrected chi connectivity index (χ1v) is 12.7. The van der Waals surface area contributed by atoms with E-state index in [0.717, 1.165) is 16.7 Å². The Morgan fingerprint density at radius 1 is 1.11 bits per heavy atom. The highest BCUT2D eigenvalue weighted by Gasteiger charge is 2.38. The third-order valence-electron chi connectivity index (χ3n) is 5.54. The third-order valence-corrected chi connectivity index (χ3v) is 6.56. The predicted octanol–water partition coefficient (Wildman–Crippen LogP) is 3.39. The van der Waals surface area contributed by atoms with Gasteiger partial charge in [-0.25, -0.2) is 9.59 Å². The summed E-state index contributed by atoms with van der Waals surface area (Å²) in [6.45, 7) is 1.07. The zero-order chi connectivity index (χ0) is 28.0. The molecule has 2 aromatic rings. The Hall–Kier alpha value is -3.49. The van der Waals surface area contributed by atoms with E-state index >= 15 is 0 Å². The summed E-state index contributed by atoms with van der Waals surface area (Å²) in [4.78, 5) is 49.6. The highest BCUT2D eigenvalue weighted by molar-refractivity contribution is 8.21. The molecule has 0 spiro atoms. The molecule has 2 aliphatic rings. The van der Waals surface area contributed by atoms with Crippen LogP contribution in [0, 0.1) is 0 Å². The third kappa shape index (κ3) is 7.08. The van der Waals surface area contributed by atoms with E-state index in [0.29, 0.717) is 35.7 Å². The Labute approximate surface area is 223 Å². The molecule has 204 valence electrons. The Bertz CT molecular complexity index is 1200. The maximum Gasteiger partial charge on any atom is 0.490 e. The van der Waals surface area contributed by atoms with E-state index in [-0.39, 0.29) is 18.4 Å². The number of carboxylic acid groups (broad SMARTS) is 1. The van der Waals surface area contributed by atoms with Crippen LogP contribution in [-0.2, 0) is 14.3 Å². The number of carbonyl (C=O) groups is 4. The monoisotopic (exact) mass is 574 g/mol. The number of rotatable bonds is 6. The van der Waals surface area contributed by atoms with Gasteiger partial charge in [0.25, 0.3) is 5.91 Å². The van der Waals surface area contributed by atoms with E-state index in [1.54, 1.807) is 53.4 Å². The summed E-state index contributed by atoms with van der Waals surface area (Å²) in [6.07, 6.45) is -5.42. The number of hydrogen-bond donors (Lipinski definition) is 3. The van der Waals surface area contributed by atoms with Gasteiger partial charge in [0, 0.05) is 22.8 Å². The molecule has 2 heterocycles. The first kappa shape index (κ1) is 29.1. The number of ether oxygens (including phenoxy) is 1. The second-order valence-corrected chi connectivity index (χ2v) is 9.16. The van der Waals surface area contributed by atoms with Crippen molar-refractivity contribution in [3.05, 3.63) is 54.1 Å². The van der Waals surface area contributed by atoms with E-state index in [4.69, 9.17) is 31.1 Å². The number of amides is 3. The smallest absolute Gasteiger partial charge is 0.475 e. The van der Waals surface area contributed by atoms with Gasteiger partial charge >= 0.3 is 18.2 Å². The lowest BCUT2D eigenvalue weighted by Gasteiger charge is -2.18. The molecule has 2 atom stereocenters. The van der Waals surface area contributed by atoms with Crippen LogP contribution >= 0.6 is 21.7 Å². The van der Waals surface area contributed by atoms with Crippen LogP contribution in [0.1, 0.15) is 16.8 Å². The molecule has 10 nitrogen and oxygen atoms in total. The summed E-state index contributed by atoms with van der Waals surface area (Å²) in [6, 6.07) is 13.7. The van der Waals surface area contributed by atoms with E-state index in [1.807, 2.05) is 0 Å². The van der Waals surface area contributed by atoms with Gasteiger partial charge in [-0.05, 0) is 64.5 Å². The van der Waals surface area contributed by atoms with Crippen molar-refractivity contribution in [2.24, 2.45) is 5.73 Å². The lowest BCUT2D eigenvalue weighted by molar-refractivity contribution is -0.192. The number of halogens is 4. The number of nitrogens with zero attached hydrogens (tertiary/aromatic N) is 2. The van der Waals surface area contributed by atoms with Crippen LogP contribution in [0.2, 0.25) is 0 Å². The molecular formula is C23H22ClF3N4O6S. The van der Waals surface area contributed by atoms with Gasteiger partial charge in [0.1, 0.15) is 6.10 Å². The van der Waals surface area contributed by atoms with Crippen molar-refractivity contribution in [2.75, 3.05) is 29.4 Å². The van der Waals surface area contributed by atoms with Crippen molar-refractivity contribution in [1.29, 1.82) is 0 Å². The van der Waals surface area contributed by atoms with Crippen molar-refractivity contribution in [1.82, 2.24) is 5.32 Å². The fourth-order valence-electron chi connectivity index (χ4n) is 3.63. The van der Waals surface area contributed by atoms with Crippen molar-refractivity contribution in [3.8, 4) is 0 Å². The standard InChI is InChI=1S/C21H21ClN4O4S.C2HF3O2/c22-31-18-4-2-1-3-16(18)19(27)24-11-15-12-26(21(29)30-15)14-7-5-13(6-8-14)25-10-9-17(23)20(25)28;3-2(4,5)1(6)7/h1-8,15,17H,9-12,23H2,(H,24,27);(H,6,7)/t15-,17+;/m0./s1. The highest BCUT2D eigenvalue weighted by Crippen LogP contribution is 2.28. The van der Waals surface area contributed by atoms with E-state index < -0.39 is 30.4 Å². The van der Waals surface area contributed by atoms with Crippen molar-refractivity contribution in [2.45, 2.75) is 29.6 Å². The van der Waals surface area contributed by atoms with Crippen molar-refractivity contribution in [3.63, 3.8) is 0 Å². The van der Waals surface area contributed by atoms with Crippen molar-refractivity contribution >= 4 is 56.9 Å². The molecule has 2 fully saturated rings. The van der Waals surface area contributed by atoms with Gasteiger partial charge in [0.2, 0.25) is 5.91 Å². The molecule has 2 aromatic carbocycles. The van der Waals surface area contributed by atoms with Crippen LogP contribution in [0.25, 0.3) is 0 Å². The molecule has 15 heteroatoms. The molecular weight excluding hydrogens is 553 g/mol. The Kier molecular flexibility index (Phi) is 9.46. The average molecular weight is 575 g/mol. The Morgan fingerprint density at radius 2 is 1.68 bits per heavy atom. The Balaban J connectivity index is 0.000000505. The number of anilines is 2. The lowest BCUT2D eigenvalue weighted by atomic mass is 10.2. The topological polar surface area (TPSA) is 142 Å². The van der Waals surface area contributed by atoms with Crippen LogP contribution in [-0.4, -0.2) is 66.9 Å². The second-order valence-electron chi connectivity index (χ2n) is 8.10. The number of aliphatic carboxylic acids is 1. The second kappa shape index (κ2) is 12.4. The number of benzene rings is 2. The molecule has 38 heavy (non-hydrogen) atoms. The van der Waals surface area contributed by atoms with Crippen LogP contribution in [0.4, 0.5) is 29.3 Å². The quantitative estimate of drug-likeness (QED) is 0.477. The summed E-state index contributed by atoms with van der Waals surface area (Å²) in [5.41, 5.74) is 7.64. The van der Waals surface area contributed by atoms with Crippen LogP contribution in [0.3, 0.4) is 0 Å². The predicted molar refractivity (Wildman–Crippen MR) is 133 cm³/mol. The van der Waals surface area contributed by atoms with Gasteiger partial charge in [-0.1, -0.05) is 12.1 Å². The maximum atomic E-state index is 12.4. The average Bonchev–Trinajstić information content (AvgIpc) is 3.43. The first-order chi connectivity index (χ1) is 17.9. The van der Waals surface area contributed by atoms with Crippen LogP contribution < -0.4 is 20.9 Å². The van der Waals surface area contributed by atoms with Gasteiger partial charge in [-0.15, -0.1) is 0 Å². The molecule has 0 aliphatic carbocycles. The minimum Gasteiger partial charge on any atom is -0.475 e. The van der Waals surface area contributed by atoms with Gasteiger partial charge in [-0.3, -0.25) is 14.5 Å². The molecule has 3 amide bonds. The largest absolute Gasteiger partial charge is 0.490 e. The van der Waals surface area contributed by atoms with Crippen LogP contribution in [0.15, 0.2) is 53.4 Å². The molecule has 4 rings (SSSR count). The van der Waals surface area contributed by atoms with Gasteiger partial charge in [0.15, 0.2) is 0 Å². The van der Waals surface area contributed by atoms with Gasteiger partial charge in [-0.2, -0.15) is 13.2 Å². The number of nitrogens with two attached hydrogens (primary N) is 1. The van der Waals surface area contributed by atoms with Crippen LogP contribution in [0.5, 0.6) is 0 Å². The fourth-order valence-corrected chi connectivity index (χ4v) is 4.41. The molecule has 0 saturated carbocycles. The number of carbonyl (C=O) groups excluding carboxylic acids is 3. The molecule has 0 aromatic heterocycles. The summed E-state index contributed by atoms with van der Waals surface area (Å²) in [7, 11) is 6.79. The van der Waals surface area contributed by atoms with E-state index in [9.17, 15) is 27.6 Å². The van der Waals surface area contributed by atoms with E-state index in [2.05, 4.69) is 5.32 Å². The summed E-state index contributed by atoms with van der Waals surface area (Å²) in [5, 5.41) is 9.92. The SMILES string of the molecule is N[C@@H]1CCN(c2ccc(N3C[C@H](CNC(=O)c4ccccc4SCl)OC3=O)cc2)C1=O.O=C(O)C(F)(F)F. The first-order valence-electron chi connectivity index (χ1n) is 11.0. The minimum atomic E-state index is -5.08. The molecule has 0 bridgehead atoms. The number of carboxylic acids is 1. The molecule has 2 aliphatic heterocycles. The lowest BCUT2D eigenvalue weighted by Crippen LogP contribution is -2.35. The number of nitrogens with one attached hydrogen (secondary N) is 1. The van der Waals surface area contributed by atoms with E-state index in [1.165, 1.54) is 4.90 Å². The van der Waals surface area contributed by atoms with Gasteiger partial charge < -0.3 is 25.8 Å². The number of alkyl halides is 3. The molecule has 2 saturated heterocycles.